The molecule has 1 aliphatic heterocycles. The van der Waals surface area contributed by atoms with E-state index in [2.05, 4.69) is 0 Å². The van der Waals surface area contributed by atoms with Crippen LogP contribution in [0.4, 0.5) is 0 Å². The molecule has 0 spiro atoms. The predicted octanol–water partition coefficient (Wildman–Crippen LogP) is 0.765. The number of aliphatic hydroxyl groups is 1. The Morgan fingerprint density at radius 1 is 1.70 bits per heavy atom. The zero-order valence-corrected chi connectivity index (χ0v) is 6.47. The van der Waals surface area contributed by atoms with Gasteiger partial charge in [0, 0.05) is 0 Å². The van der Waals surface area contributed by atoms with Crippen LogP contribution in [0.15, 0.2) is 0 Å². The standard InChI is InChI=1S/C7H11ClO2/c8-3-7(4-9)2-5-1-6(5)10-7/h5-6,9H,1-4H2. The van der Waals surface area contributed by atoms with Gasteiger partial charge in [-0.3, -0.25) is 0 Å². The minimum atomic E-state index is -0.380. The molecule has 0 aromatic rings. The maximum atomic E-state index is 8.95. The summed E-state index contributed by atoms with van der Waals surface area (Å²) in [5, 5.41) is 8.95. The van der Waals surface area contributed by atoms with Crippen LogP contribution in [0.1, 0.15) is 12.8 Å². The molecule has 0 aromatic carbocycles. The van der Waals surface area contributed by atoms with Gasteiger partial charge in [0.25, 0.3) is 0 Å². The molecule has 0 radical (unpaired) electrons. The molecule has 2 aliphatic rings. The van der Waals surface area contributed by atoms with Crippen LogP contribution in [0.3, 0.4) is 0 Å². The third-order valence-corrected chi connectivity index (χ3v) is 2.91. The van der Waals surface area contributed by atoms with Crippen molar-refractivity contribution in [1.29, 1.82) is 0 Å². The molecule has 2 nitrogen and oxygen atoms in total. The van der Waals surface area contributed by atoms with E-state index in [9.17, 15) is 0 Å². The minimum Gasteiger partial charge on any atom is -0.393 e. The third kappa shape index (κ3) is 0.865. The Morgan fingerprint density at radius 3 is 2.80 bits per heavy atom. The van der Waals surface area contributed by atoms with Gasteiger partial charge in [0.15, 0.2) is 0 Å². The largest absolute Gasteiger partial charge is 0.393 e. The molecule has 3 unspecified atom stereocenters. The monoisotopic (exact) mass is 162 g/mol. The van der Waals surface area contributed by atoms with Gasteiger partial charge in [-0.1, -0.05) is 0 Å². The second kappa shape index (κ2) is 2.10. The molecule has 3 atom stereocenters. The lowest BCUT2D eigenvalue weighted by molar-refractivity contribution is -0.0468. The fourth-order valence-electron chi connectivity index (χ4n) is 1.66. The first-order chi connectivity index (χ1) is 4.79. The lowest BCUT2D eigenvalue weighted by atomic mass is 10.0. The number of hydrogen-bond donors (Lipinski definition) is 1. The summed E-state index contributed by atoms with van der Waals surface area (Å²) in [6, 6.07) is 0. The third-order valence-electron chi connectivity index (χ3n) is 2.42. The zero-order valence-electron chi connectivity index (χ0n) is 5.72. The molecule has 2 rings (SSSR count). The van der Waals surface area contributed by atoms with E-state index in [1.54, 1.807) is 0 Å². The summed E-state index contributed by atoms with van der Waals surface area (Å²) in [4.78, 5) is 0. The first-order valence-corrected chi connectivity index (χ1v) is 4.18. The van der Waals surface area contributed by atoms with Crippen molar-refractivity contribution in [2.24, 2.45) is 5.92 Å². The van der Waals surface area contributed by atoms with E-state index >= 15 is 0 Å². The number of alkyl halides is 1. The Kier molecular flexibility index (Phi) is 1.44. The topological polar surface area (TPSA) is 29.5 Å². The van der Waals surface area contributed by atoms with Crippen molar-refractivity contribution in [2.45, 2.75) is 24.5 Å². The number of hydrogen-bond acceptors (Lipinski definition) is 2. The van der Waals surface area contributed by atoms with Gasteiger partial charge in [0.2, 0.25) is 0 Å². The molecular formula is C7H11ClO2. The van der Waals surface area contributed by atoms with Gasteiger partial charge in [0.05, 0.1) is 18.6 Å². The zero-order chi connectivity index (χ0) is 7.19. The van der Waals surface area contributed by atoms with E-state index < -0.39 is 0 Å². The van der Waals surface area contributed by atoms with Crippen LogP contribution in [0, 0.1) is 5.92 Å². The lowest BCUT2D eigenvalue weighted by Gasteiger charge is -2.24. The lowest BCUT2D eigenvalue weighted by Crippen LogP contribution is -2.36. The number of aliphatic hydroxyl groups excluding tert-OH is 1. The average Bonchev–Trinajstić information content (AvgIpc) is 2.60. The van der Waals surface area contributed by atoms with E-state index in [-0.39, 0.29) is 12.2 Å². The molecular weight excluding hydrogens is 152 g/mol. The fraction of sp³-hybridized carbons (Fsp3) is 1.00. The van der Waals surface area contributed by atoms with Gasteiger partial charge in [-0.25, -0.2) is 0 Å². The normalized spacial score (nSPS) is 51.0. The molecule has 1 saturated heterocycles. The van der Waals surface area contributed by atoms with Crippen molar-refractivity contribution >= 4 is 11.6 Å². The highest BCUT2D eigenvalue weighted by molar-refractivity contribution is 6.18. The Bertz CT molecular complexity index is 133. The van der Waals surface area contributed by atoms with Crippen LogP contribution in [0.2, 0.25) is 0 Å². The Hall–Kier alpha value is 0.210. The van der Waals surface area contributed by atoms with E-state index in [4.69, 9.17) is 21.4 Å². The Balaban J connectivity index is 2.02. The number of halogens is 1. The molecule has 0 aromatic heterocycles. The molecule has 10 heavy (non-hydrogen) atoms. The van der Waals surface area contributed by atoms with Gasteiger partial charge in [-0.05, 0) is 18.8 Å². The quantitative estimate of drug-likeness (QED) is 0.608. The van der Waals surface area contributed by atoms with Gasteiger partial charge in [-0.15, -0.1) is 11.6 Å². The smallest absolute Gasteiger partial charge is 0.105 e. The number of ether oxygens (including phenoxy) is 1. The summed E-state index contributed by atoms with van der Waals surface area (Å²) >= 11 is 5.67. The van der Waals surface area contributed by atoms with E-state index in [0.717, 1.165) is 6.42 Å². The van der Waals surface area contributed by atoms with Crippen molar-refractivity contribution in [1.82, 2.24) is 0 Å². The highest BCUT2D eigenvalue weighted by Gasteiger charge is 2.54. The molecule has 1 N–H and O–H groups in total. The van der Waals surface area contributed by atoms with Crippen molar-refractivity contribution in [3.8, 4) is 0 Å². The van der Waals surface area contributed by atoms with Crippen molar-refractivity contribution in [3.05, 3.63) is 0 Å². The van der Waals surface area contributed by atoms with Crippen LogP contribution >= 0.6 is 11.6 Å². The second-order valence-corrected chi connectivity index (χ2v) is 3.60. The van der Waals surface area contributed by atoms with Crippen molar-refractivity contribution in [2.75, 3.05) is 12.5 Å². The summed E-state index contributed by atoms with van der Waals surface area (Å²) in [5.74, 6) is 1.13. The SMILES string of the molecule is OCC1(CCl)CC2CC2O1. The van der Waals surface area contributed by atoms with Crippen LogP contribution in [-0.4, -0.2) is 29.3 Å². The highest BCUT2D eigenvalue weighted by atomic mass is 35.5. The Labute approximate surface area is 65.1 Å². The number of fused-ring (bicyclic) bond motifs is 1. The maximum absolute atomic E-state index is 8.95. The fourth-order valence-corrected chi connectivity index (χ4v) is 1.91. The van der Waals surface area contributed by atoms with Gasteiger partial charge >= 0.3 is 0 Å². The first-order valence-electron chi connectivity index (χ1n) is 3.64. The van der Waals surface area contributed by atoms with Crippen molar-refractivity contribution in [3.63, 3.8) is 0 Å². The maximum Gasteiger partial charge on any atom is 0.105 e. The summed E-state index contributed by atoms with van der Waals surface area (Å²) in [5.41, 5.74) is -0.380. The van der Waals surface area contributed by atoms with Gasteiger partial charge < -0.3 is 9.84 Å². The summed E-state index contributed by atoms with van der Waals surface area (Å²) in [6.45, 7) is 0.0729. The van der Waals surface area contributed by atoms with Gasteiger partial charge in [0.1, 0.15) is 5.60 Å². The molecule has 3 heteroatoms. The van der Waals surface area contributed by atoms with Crippen LogP contribution in [0.25, 0.3) is 0 Å². The molecule has 1 saturated carbocycles. The predicted molar refractivity (Wildman–Crippen MR) is 38.1 cm³/mol. The summed E-state index contributed by atoms with van der Waals surface area (Å²) < 4.78 is 5.54. The van der Waals surface area contributed by atoms with E-state index in [1.807, 2.05) is 0 Å². The molecule has 58 valence electrons. The van der Waals surface area contributed by atoms with Gasteiger partial charge in [-0.2, -0.15) is 0 Å². The molecule has 0 amide bonds. The second-order valence-electron chi connectivity index (χ2n) is 3.33. The molecule has 1 heterocycles. The molecule has 2 fully saturated rings. The van der Waals surface area contributed by atoms with E-state index in [0.29, 0.717) is 17.9 Å². The summed E-state index contributed by atoms with van der Waals surface area (Å²) in [6.07, 6.45) is 2.56. The van der Waals surface area contributed by atoms with Crippen LogP contribution < -0.4 is 0 Å². The Morgan fingerprint density at radius 2 is 2.50 bits per heavy atom. The summed E-state index contributed by atoms with van der Waals surface area (Å²) in [7, 11) is 0. The van der Waals surface area contributed by atoms with E-state index in [1.165, 1.54) is 6.42 Å². The van der Waals surface area contributed by atoms with Crippen LogP contribution in [0.5, 0.6) is 0 Å². The first kappa shape index (κ1) is 6.89. The average molecular weight is 163 g/mol. The van der Waals surface area contributed by atoms with Crippen LogP contribution in [-0.2, 0) is 4.74 Å². The van der Waals surface area contributed by atoms with Crippen molar-refractivity contribution < 1.29 is 9.84 Å². The minimum absolute atomic E-state index is 0.0729. The number of rotatable bonds is 2. The molecule has 1 aliphatic carbocycles. The highest BCUT2D eigenvalue weighted by Crippen LogP contribution is 2.50. The molecule has 0 bridgehead atoms.